The van der Waals surface area contributed by atoms with Gasteiger partial charge in [0.1, 0.15) is 17.6 Å². The van der Waals surface area contributed by atoms with Gasteiger partial charge in [-0.15, -0.1) is 0 Å². The summed E-state index contributed by atoms with van der Waals surface area (Å²) < 4.78 is 8.11. The summed E-state index contributed by atoms with van der Waals surface area (Å²) in [5, 5.41) is 3.69. The minimum Gasteiger partial charge on any atom is -0.493 e. The number of nitrogens with one attached hydrogen (secondary N) is 1. The molecular weight excluding hydrogens is 504 g/mol. The number of benzene rings is 3. The molecule has 1 aliphatic rings. The molecule has 3 nitrogen and oxygen atoms in total. The molecule has 0 radical (unpaired) electrons. The molecule has 5 heteroatoms. The summed E-state index contributed by atoms with van der Waals surface area (Å²) in [7, 11) is 0. The number of nitrogens with zero attached hydrogens (tertiary/aromatic N) is 1. The van der Waals surface area contributed by atoms with E-state index in [0.29, 0.717) is 6.61 Å². The topological polar surface area (TPSA) is 33.6 Å². The predicted molar refractivity (Wildman–Crippen MR) is 130 cm³/mol. The second-order valence-corrected chi connectivity index (χ2v) is 9.10. The summed E-state index contributed by atoms with van der Waals surface area (Å²) in [6, 6.07) is 23.3. The number of amidine groups is 1. The average molecular weight is 528 g/mol. The first-order valence-electron chi connectivity index (χ1n) is 10.2. The van der Waals surface area contributed by atoms with Crippen molar-refractivity contribution < 1.29 is 4.74 Å². The Morgan fingerprint density at radius 3 is 2.10 bits per heavy atom. The molecule has 1 aliphatic heterocycles. The normalized spacial score (nSPS) is 18.1. The van der Waals surface area contributed by atoms with Gasteiger partial charge < -0.3 is 10.1 Å². The maximum absolute atomic E-state index is 5.97. The molecule has 2 unspecified atom stereocenters. The zero-order valence-electron chi connectivity index (χ0n) is 17.0. The van der Waals surface area contributed by atoms with Gasteiger partial charge in [0.25, 0.3) is 0 Å². The fourth-order valence-corrected chi connectivity index (χ4v) is 4.27. The Balaban J connectivity index is 1.76. The van der Waals surface area contributed by atoms with Crippen molar-refractivity contribution in [3.8, 4) is 5.75 Å². The zero-order chi connectivity index (χ0) is 21.1. The molecule has 0 fully saturated rings. The molecule has 0 saturated heterocycles. The highest BCUT2D eigenvalue weighted by Crippen LogP contribution is 2.39. The average Bonchev–Trinajstić information content (AvgIpc) is 3.20. The summed E-state index contributed by atoms with van der Waals surface area (Å²) in [4.78, 5) is 5.14. The maximum atomic E-state index is 5.97. The molecule has 0 bridgehead atoms. The van der Waals surface area contributed by atoms with Crippen molar-refractivity contribution in [1.29, 1.82) is 0 Å². The van der Waals surface area contributed by atoms with Gasteiger partial charge in [0.05, 0.1) is 18.2 Å². The second kappa shape index (κ2) is 9.36. The first kappa shape index (κ1) is 21.1. The first-order chi connectivity index (χ1) is 14.6. The highest BCUT2D eigenvalue weighted by molar-refractivity contribution is 9.10. The number of hydrogen-bond donors (Lipinski definition) is 1. The molecule has 0 saturated carbocycles. The van der Waals surface area contributed by atoms with Crippen LogP contribution in [0.4, 0.5) is 0 Å². The minimum atomic E-state index is -0.0189. The first-order valence-corrected chi connectivity index (χ1v) is 11.8. The van der Waals surface area contributed by atoms with Gasteiger partial charge in [0, 0.05) is 8.95 Å². The molecule has 2 atom stereocenters. The van der Waals surface area contributed by atoms with Crippen LogP contribution in [-0.2, 0) is 6.42 Å². The fraction of sp³-hybridized carbons (Fsp3) is 0.240. The van der Waals surface area contributed by atoms with E-state index in [4.69, 9.17) is 9.73 Å². The van der Waals surface area contributed by atoms with Crippen molar-refractivity contribution in [3.63, 3.8) is 0 Å². The largest absolute Gasteiger partial charge is 0.493 e. The predicted octanol–water partition coefficient (Wildman–Crippen LogP) is 7.01. The van der Waals surface area contributed by atoms with Crippen molar-refractivity contribution in [1.82, 2.24) is 5.32 Å². The summed E-state index contributed by atoms with van der Waals surface area (Å²) in [6.07, 6.45) is 0.975. The monoisotopic (exact) mass is 526 g/mol. The van der Waals surface area contributed by atoms with Gasteiger partial charge in [0.15, 0.2) is 0 Å². The smallest absolute Gasteiger partial charge is 0.133 e. The molecule has 3 aromatic carbocycles. The van der Waals surface area contributed by atoms with Gasteiger partial charge in [-0.05, 0) is 66.4 Å². The van der Waals surface area contributed by atoms with E-state index >= 15 is 0 Å². The van der Waals surface area contributed by atoms with Crippen LogP contribution in [0, 0.1) is 0 Å². The van der Waals surface area contributed by atoms with Gasteiger partial charge in [-0.2, -0.15) is 0 Å². The molecule has 1 heterocycles. The van der Waals surface area contributed by atoms with E-state index in [1.807, 2.05) is 6.92 Å². The molecule has 154 valence electrons. The SMILES string of the molecule is CCOc1cc(CC)ccc1C1=NC(c2ccc(Br)cc2)C(c2ccc(Br)cc2)N1. The van der Waals surface area contributed by atoms with E-state index in [-0.39, 0.29) is 12.1 Å². The lowest BCUT2D eigenvalue weighted by Gasteiger charge is -2.20. The van der Waals surface area contributed by atoms with E-state index in [0.717, 1.165) is 32.5 Å². The fourth-order valence-electron chi connectivity index (χ4n) is 3.74. The minimum absolute atomic E-state index is 0.0189. The Bertz CT molecular complexity index is 1050. The number of rotatable bonds is 6. The molecule has 0 aliphatic carbocycles. The lowest BCUT2D eigenvalue weighted by atomic mass is 9.95. The maximum Gasteiger partial charge on any atom is 0.133 e. The summed E-state index contributed by atoms with van der Waals surface area (Å²) in [5.41, 5.74) is 4.65. The molecule has 3 aromatic rings. The zero-order valence-corrected chi connectivity index (χ0v) is 20.2. The van der Waals surface area contributed by atoms with Gasteiger partial charge in [-0.3, -0.25) is 4.99 Å². The summed E-state index contributed by atoms with van der Waals surface area (Å²) in [6.45, 7) is 4.80. The van der Waals surface area contributed by atoms with E-state index in [2.05, 4.69) is 111 Å². The van der Waals surface area contributed by atoms with E-state index in [1.54, 1.807) is 0 Å². The number of halogens is 2. The van der Waals surface area contributed by atoms with Crippen LogP contribution < -0.4 is 10.1 Å². The van der Waals surface area contributed by atoms with Crippen molar-refractivity contribution in [2.45, 2.75) is 32.4 Å². The Morgan fingerprint density at radius 1 is 0.867 bits per heavy atom. The number of hydrogen-bond acceptors (Lipinski definition) is 3. The van der Waals surface area contributed by atoms with Crippen molar-refractivity contribution in [2.24, 2.45) is 4.99 Å². The lowest BCUT2D eigenvalue weighted by Crippen LogP contribution is -2.25. The van der Waals surface area contributed by atoms with Crippen molar-refractivity contribution in [3.05, 3.63) is 97.9 Å². The summed E-state index contributed by atoms with van der Waals surface area (Å²) in [5.74, 6) is 1.76. The third-order valence-electron chi connectivity index (χ3n) is 5.33. The molecule has 0 spiro atoms. The van der Waals surface area contributed by atoms with E-state index < -0.39 is 0 Å². The molecular formula is C25H24Br2N2O. The van der Waals surface area contributed by atoms with Crippen LogP contribution >= 0.6 is 31.9 Å². The number of ether oxygens (including phenoxy) is 1. The Morgan fingerprint density at radius 2 is 1.50 bits per heavy atom. The Labute approximate surface area is 194 Å². The molecule has 0 aromatic heterocycles. The Kier molecular flexibility index (Phi) is 6.59. The van der Waals surface area contributed by atoms with E-state index in [9.17, 15) is 0 Å². The molecule has 0 amide bonds. The molecule has 4 rings (SSSR count). The van der Waals surface area contributed by atoms with Crippen molar-refractivity contribution >= 4 is 37.7 Å². The lowest BCUT2D eigenvalue weighted by molar-refractivity contribution is 0.339. The molecule has 1 N–H and O–H groups in total. The highest BCUT2D eigenvalue weighted by Gasteiger charge is 2.32. The van der Waals surface area contributed by atoms with Gasteiger partial charge >= 0.3 is 0 Å². The van der Waals surface area contributed by atoms with Gasteiger partial charge in [-0.25, -0.2) is 0 Å². The van der Waals surface area contributed by atoms with Crippen LogP contribution in [0.5, 0.6) is 5.75 Å². The Hall–Kier alpha value is -2.11. The standard InChI is InChI=1S/C25H24Br2N2O/c1-3-16-5-14-21(22(15-16)30-4-2)25-28-23(17-6-10-19(26)11-7-17)24(29-25)18-8-12-20(27)13-9-18/h5-15,23-24H,3-4H2,1-2H3,(H,28,29). The van der Waals surface area contributed by atoms with Crippen LogP contribution in [-0.4, -0.2) is 12.4 Å². The third-order valence-corrected chi connectivity index (χ3v) is 6.38. The molecule has 30 heavy (non-hydrogen) atoms. The van der Waals surface area contributed by atoms with E-state index in [1.165, 1.54) is 16.7 Å². The van der Waals surface area contributed by atoms with Crippen LogP contribution in [0.15, 0.2) is 80.7 Å². The van der Waals surface area contributed by atoms with Crippen LogP contribution in [0.3, 0.4) is 0 Å². The second-order valence-electron chi connectivity index (χ2n) is 7.26. The quantitative estimate of drug-likeness (QED) is 0.374. The van der Waals surface area contributed by atoms with Crippen LogP contribution in [0.25, 0.3) is 0 Å². The highest BCUT2D eigenvalue weighted by atomic mass is 79.9. The van der Waals surface area contributed by atoms with Crippen molar-refractivity contribution in [2.75, 3.05) is 6.61 Å². The van der Waals surface area contributed by atoms with Crippen LogP contribution in [0.2, 0.25) is 0 Å². The number of aryl methyl sites for hydroxylation is 1. The number of aliphatic imine (C=N–C) groups is 1. The third kappa shape index (κ3) is 4.47. The van der Waals surface area contributed by atoms with Gasteiger partial charge in [0.2, 0.25) is 0 Å². The summed E-state index contributed by atoms with van der Waals surface area (Å²) >= 11 is 7.08. The van der Waals surface area contributed by atoms with Gasteiger partial charge in [-0.1, -0.05) is 69.1 Å². The van der Waals surface area contributed by atoms with Crippen LogP contribution in [0.1, 0.15) is 48.2 Å².